The van der Waals surface area contributed by atoms with Crippen molar-refractivity contribution in [3.63, 3.8) is 0 Å². The quantitative estimate of drug-likeness (QED) is 0.870. The Morgan fingerprint density at radius 1 is 1.20 bits per heavy atom. The van der Waals surface area contributed by atoms with E-state index in [2.05, 4.69) is 21.7 Å². The Morgan fingerprint density at radius 2 is 2.00 bits per heavy atom. The van der Waals surface area contributed by atoms with Gasteiger partial charge in [0, 0.05) is 38.3 Å². The SMILES string of the molecule is CC[C@]1(O)CCC[C@H]2CN(c3nccc(N4CCC(O)CC4)n3)C[C@H]21. The highest BCUT2D eigenvalue weighted by atomic mass is 16.3. The molecule has 6 nitrogen and oxygen atoms in total. The molecule has 1 aromatic rings. The van der Waals surface area contributed by atoms with E-state index >= 15 is 0 Å². The molecule has 2 saturated heterocycles. The second-order valence-electron chi connectivity index (χ2n) is 8.05. The van der Waals surface area contributed by atoms with Crippen LogP contribution in [0.4, 0.5) is 11.8 Å². The van der Waals surface area contributed by atoms with Gasteiger partial charge >= 0.3 is 0 Å². The molecule has 0 aromatic carbocycles. The molecule has 1 aliphatic carbocycles. The van der Waals surface area contributed by atoms with Crippen LogP contribution in [0.5, 0.6) is 0 Å². The number of aliphatic hydroxyl groups excluding tert-OH is 1. The molecule has 2 aliphatic heterocycles. The summed E-state index contributed by atoms with van der Waals surface area (Å²) < 4.78 is 0. The largest absolute Gasteiger partial charge is 0.393 e. The number of fused-ring (bicyclic) bond motifs is 1. The van der Waals surface area contributed by atoms with Gasteiger partial charge < -0.3 is 20.0 Å². The number of hydrogen-bond donors (Lipinski definition) is 2. The molecule has 6 heteroatoms. The standard InChI is InChI=1S/C19H30N4O2/c1-2-19(25)8-3-4-14-12-23(13-16(14)19)18-20-9-5-17(21-18)22-10-6-15(24)7-11-22/h5,9,14-16,24-25H,2-4,6-8,10-13H2,1H3/t14-,16+,19-/m0/s1. The summed E-state index contributed by atoms with van der Waals surface area (Å²) in [6, 6.07) is 1.96. The lowest BCUT2D eigenvalue weighted by molar-refractivity contribution is -0.0597. The smallest absolute Gasteiger partial charge is 0.227 e. The zero-order valence-corrected chi connectivity index (χ0v) is 15.1. The van der Waals surface area contributed by atoms with E-state index in [1.165, 1.54) is 6.42 Å². The van der Waals surface area contributed by atoms with Crippen molar-refractivity contribution >= 4 is 11.8 Å². The maximum atomic E-state index is 11.0. The van der Waals surface area contributed by atoms with Gasteiger partial charge in [-0.3, -0.25) is 0 Å². The molecule has 0 unspecified atom stereocenters. The van der Waals surface area contributed by atoms with Gasteiger partial charge in [-0.25, -0.2) is 4.98 Å². The van der Waals surface area contributed by atoms with Crippen molar-refractivity contribution in [1.29, 1.82) is 0 Å². The van der Waals surface area contributed by atoms with Crippen LogP contribution >= 0.6 is 0 Å². The number of anilines is 2. The van der Waals surface area contributed by atoms with Gasteiger partial charge in [0.25, 0.3) is 0 Å². The summed E-state index contributed by atoms with van der Waals surface area (Å²) in [7, 11) is 0. The maximum absolute atomic E-state index is 11.0. The van der Waals surface area contributed by atoms with Crippen molar-refractivity contribution in [2.45, 2.75) is 57.2 Å². The van der Waals surface area contributed by atoms with E-state index in [1.54, 1.807) is 0 Å². The minimum atomic E-state index is -0.516. The van der Waals surface area contributed by atoms with E-state index in [4.69, 9.17) is 4.98 Å². The van der Waals surface area contributed by atoms with Crippen LogP contribution in [0.2, 0.25) is 0 Å². The maximum Gasteiger partial charge on any atom is 0.227 e. The van der Waals surface area contributed by atoms with Crippen molar-refractivity contribution in [3.05, 3.63) is 12.3 Å². The topological polar surface area (TPSA) is 72.7 Å². The van der Waals surface area contributed by atoms with Gasteiger partial charge in [0.15, 0.2) is 0 Å². The van der Waals surface area contributed by atoms with Crippen LogP contribution in [-0.2, 0) is 0 Å². The second-order valence-corrected chi connectivity index (χ2v) is 8.05. The van der Waals surface area contributed by atoms with Crippen LogP contribution in [0.1, 0.15) is 45.4 Å². The first-order valence-electron chi connectivity index (χ1n) is 9.82. The molecule has 1 aromatic heterocycles. The lowest BCUT2D eigenvalue weighted by Gasteiger charge is -2.40. The minimum absolute atomic E-state index is 0.175. The van der Waals surface area contributed by atoms with Gasteiger partial charge in [-0.15, -0.1) is 0 Å². The average Bonchev–Trinajstić information content (AvgIpc) is 3.09. The Hall–Kier alpha value is -1.40. The fraction of sp³-hybridized carbons (Fsp3) is 0.789. The zero-order valence-electron chi connectivity index (χ0n) is 15.1. The zero-order chi connectivity index (χ0) is 17.4. The minimum Gasteiger partial charge on any atom is -0.393 e. The van der Waals surface area contributed by atoms with E-state index in [9.17, 15) is 10.2 Å². The highest BCUT2D eigenvalue weighted by Crippen LogP contribution is 2.44. The summed E-state index contributed by atoms with van der Waals surface area (Å²) >= 11 is 0. The van der Waals surface area contributed by atoms with Crippen molar-refractivity contribution < 1.29 is 10.2 Å². The molecule has 0 amide bonds. The van der Waals surface area contributed by atoms with Crippen molar-refractivity contribution in [3.8, 4) is 0 Å². The third-order valence-electron chi connectivity index (χ3n) is 6.63. The van der Waals surface area contributed by atoms with E-state index in [0.717, 1.165) is 70.0 Å². The Bertz CT molecular complexity index is 605. The summed E-state index contributed by atoms with van der Waals surface area (Å²) in [5, 5.41) is 20.7. The molecule has 3 aliphatic rings. The van der Waals surface area contributed by atoms with Crippen LogP contribution in [-0.4, -0.2) is 58.1 Å². The summed E-state index contributed by atoms with van der Waals surface area (Å²) in [4.78, 5) is 13.8. The van der Waals surface area contributed by atoms with Crippen LogP contribution < -0.4 is 9.80 Å². The number of nitrogens with zero attached hydrogens (tertiary/aromatic N) is 4. The average molecular weight is 346 g/mol. The van der Waals surface area contributed by atoms with Crippen LogP contribution in [0.25, 0.3) is 0 Å². The number of hydrogen-bond acceptors (Lipinski definition) is 6. The third kappa shape index (κ3) is 3.22. The summed E-state index contributed by atoms with van der Waals surface area (Å²) in [5.41, 5.74) is -0.516. The van der Waals surface area contributed by atoms with Gasteiger partial charge in [-0.05, 0) is 44.1 Å². The van der Waals surface area contributed by atoms with E-state index in [-0.39, 0.29) is 6.10 Å². The highest BCUT2D eigenvalue weighted by Gasteiger charge is 2.48. The molecule has 0 bridgehead atoms. The molecule has 138 valence electrons. The molecule has 0 spiro atoms. The predicted molar refractivity (Wildman–Crippen MR) is 97.8 cm³/mol. The van der Waals surface area contributed by atoms with Gasteiger partial charge in [0.05, 0.1) is 11.7 Å². The first kappa shape index (κ1) is 17.0. The van der Waals surface area contributed by atoms with Gasteiger partial charge in [0.1, 0.15) is 5.82 Å². The first-order valence-corrected chi connectivity index (χ1v) is 9.82. The lowest BCUT2D eigenvalue weighted by Crippen LogP contribution is -2.44. The van der Waals surface area contributed by atoms with E-state index < -0.39 is 5.60 Å². The van der Waals surface area contributed by atoms with Gasteiger partial charge in [0.2, 0.25) is 5.95 Å². The predicted octanol–water partition coefficient (Wildman–Crippen LogP) is 1.82. The van der Waals surface area contributed by atoms with Gasteiger partial charge in [-0.1, -0.05) is 13.3 Å². The van der Waals surface area contributed by atoms with Crippen molar-refractivity contribution in [2.75, 3.05) is 36.0 Å². The van der Waals surface area contributed by atoms with Crippen molar-refractivity contribution in [2.24, 2.45) is 11.8 Å². The van der Waals surface area contributed by atoms with Crippen LogP contribution in [0.15, 0.2) is 12.3 Å². The molecular formula is C19H30N4O2. The lowest BCUT2D eigenvalue weighted by atomic mass is 9.69. The first-order chi connectivity index (χ1) is 12.1. The van der Waals surface area contributed by atoms with Crippen LogP contribution in [0, 0.1) is 11.8 Å². The molecule has 1 saturated carbocycles. The fourth-order valence-corrected chi connectivity index (χ4v) is 4.99. The van der Waals surface area contributed by atoms with E-state index in [1.807, 2.05) is 12.3 Å². The normalized spacial score (nSPS) is 33.6. The number of aliphatic hydroxyl groups is 2. The second kappa shape index (κ2) is 6.72. The monoisotopic (exact) mass is 346 g/mol. The summed E-state index contributed by atoms with van der Waals surface area (Å²) in [6.07, 6.45) is 7.35. The molecular weight excluding hydrogens is 316 g/mol. The molecule has 0 radical (unpaired) electrons. The Kier molecular flexibility index (Phi) is 4.58. The molecule has 3 fully saturated rings. The molecule has 3 heterocycles. The summed E-state index contributed by atoms with van der Waals surface area (Å²) in [5.74, 6) is 2.63. The van der Waals surface area contributed by atoms with Crippen LogP contribution in [0.3, 0.4) is 0 Å². The number of piperidine rings is 1. The fourth-order valence-electron chi connectivity index (χ4n) is 4.99. The molecule has 3 atom stereocenters. The number of rotatable bonds is 3. The molecule has 2 N–H and O–H groups in total. The Balaban J connectivity index is 1.50. The van der Waals surface area contributed by atoms with Crippen molar-refractivity contribution in [1.82, 2.24) is 9.97 Å². The molecule has 4 rings (SSSR count). The summed E-state index contributed by atoms with van der Waals surface area (Å²) in [6.45, 7) is 5.61. The molecule has 25 heavy (non-hydrogen) atoms. The van der Waals surface area contributed by atoms with E-state index in [0.29, 0.717) is 11.8 Å². The highest BCUT2D eigenvalue weighted by molar-refractivity contribution is 5.45. The third-order valence-corrected chi connectivity index (χ3v) is 6.63. The number of aromatic nitrogens is 2. The van der Waals surface area contributed by atoms with Gasteiger partial charge in [-0.2, -0.15) is 4.98 Å². The Labute approximate surface area is 149 Å². The Morgan fingerprint density at radius 3 is 2.76 bits per heavy atom.